The summed E-state index contributed by atoms with van der Waals surface area (Å²) in [5.74, 6) is -1.28. The molecule has 0 aromatic heterocycles. The summed E-state index contributed by atoms with van der Waals surface area (Å²) in [6.07, 6.45) is -4.26. The molecule has 0 aromatic rings. The Morgan fingerprint density at radius 1 is 1.32 bits per heavy atom. The number of urea groups is 1. The number of carboxylic acid groups (broad SMARTS) is 1. The molecule has 110 valence electrons. The number of hydrogen-bond acceptors (Lipinski definition) is 2. The molecule has 1 unspecified atom stereocenters. The molecule has 1 aliphatic carbocycles. The maximum atomic E-state index is 12.6. The van der Waals surface area contributed by atoms with Crippen LogP contribution in [0.25, 0.3) is 0 Å². The first-order valence-corrected chi connectivity index (χ1v) is 5.97. The van der Waals surface area contributed by atoms with Crippen molar-refractivity contribution in [2.24, 2.45) is 0 Å². The number of carbonyl (C=O) groups is 2. The molecular weight excluding hydrogens is 265 g/mol. The van der Waals surface area contributed by atoms with Crippen molar-refractivity contribution >= 4 is 12.0 Å². The Morgan fingerprint density at radius 2 is 1.84 bits per heavy atom. The van der Waals surface area contributed by atoms with Crippen molar-refractivity contribution in [3.05, 3.63) is 0 Å². The van der Waals surface area contributed by atoms with E-state index < -0.39 is 29.3 Å². The van der Waals surface area contributed by atoms with Gasteiger partial charge in [-0.2, -0.15) is 13.2 Å². The second kappa shape index (κ2) is 4.90. The van der Waals surface area contributed by atoms with Gasteiger partial charge in [0.25, 0.3) is 0 Å². The lowest BCUT2D eigenvalue weighted by Gasteiger charge is -2.28. The van der Waals surface area contributed by atoms with Gasteiger partial charge in [0.2, 0.25) is 0 Å². The Balaban J connectivity index is 2.67. The topological polar surface area (TPSA) is 78.4 Å². The van der Waals surface area contributed by atoms with Crippen molar-refractivity contribution in [1.82, 2.24) is 10.6 Å². The molecule has 0 aliphatic heterocycles. The van der Waals surface area contributed by atoms with Gasteiger partial charge in [0.1, 0.15) is 11.1 Å². The van der Waals surface area contributed by atoms with E-state index in [4.69, 9.17) is 5.11 Å². The standard InChI is InChI=1S/C11H17F3N2O3/c1-3-4-9(2,7(17)18)15-8(19)16-10(5-6-10)11(12,13)14/h3-6H2,1-2H3,(H,17,18)(H2,15,16,19). The predicted octanol–water partition coefficient (Wildman–Crippen LogP) is 2.02. The van der Waals surface area contributed by atoms with E-state index in [-0.39, 0.29) is 19.3 Å². The van der Waals surface area contributed by atoms with E-state index in [0.717, 1.165) is 0 Å². The molecule has 0 bridgehead atoms. The first kappa shape index (κ1) is 15.6. The van der Waals surface area contributed by atoms with Crippen LogP contribution in [0.5, 0.6) is 0 Å². The van der Waals surface area contributed by atoms with Crippen LogP contribution in [-0.4, -0.2) is 34.4 Å². The van der Waals surface area contributed by atoms with Gasteiger partial charge in [-0.05, 0) is 26.2 Å². The summed E-state index contributed by atoms with van der Waals surface area (Å²) in [7, 11) is 0. The molecule has 0 heterocycles. The summed E-state index contributed by atoms with van der Waals surface area (Å²) in [6.45, 7) is 2.99. The molecule has 1 aliphatic rings. The lowest BCUT2D eigenvalue weighted by atomic mass is 9.96. The molecule has 0 spiro atoms. The fourth-order valence-corrected chi connectivity index (χ4v) is 1.83. The Bertz CT molecular complexity index is 380. The van der Waals surface area contributed by atoms with Crippen molar-refractivity contribution in [3.63, 3.8) is 0 Å². The molecular formula is C11H17F3N2O3. The van der Waals surface area contributed by atoms with E-state index in [1.807, 2.05) is 5.32 Å². The zero-order valence-corrected chi connectivity index (χ0v) is 10.7. The minimum atomic E-state index is -4.52. The Morgan fingerprint density at radius 3 is 2.16 bits per heavy atom. The van der Waals surface area contributed by atoms with Gasteiger partial charge in [-0.25, -0.2) is 9.59 Å². The average Bonchev–Trinajstić information content (AvgIpc) is 2.97. The summed E-state index contributed by atoms with van der Waals surface area (Å²) in [5.41, 5.74) is -3.76. The second-order valence-corrected chi connectivity index (χ2v) is 5.05. The highest BCUT2D eigenvalue weighted by atomic mass is 19.4. The Kier molecular flexibility index (Phi) is 4.02. The molecule has 1 fully saturated rings. The summed E-state index contributed by atoms with van der Waals surface area (Å²) >= 11 is 0. The van der Waals surface area contributed by atoms with Gasteiger partial charge in [-0.15, -0.1) is 0 Å². The van der Waals surface area contributed by atoms with Crippen molar-refractivity contribution in [3.8, 4) is 0 Å². The van der Waals surface area contributed by atoms with Crippen molar-refractivity contribution < 1.29 is 27.9 Å². The lowest BCUT2D eigenvalue weighted by Crippen LogP contribution is -2.59. The summed E-state index contributed by atoms with van der Waals surface area (Å²) in [5, 5.41) is 13.0. The van der Waals surface area contributed by atoms with Gasteiger partial charge in [0.05, 0.1) is 0 Å². The molecule has 5 nitrogen and oxygen atoms in total. The predicted molar refractivity (Wildman–Crippen MR) is 60.6 cm³/mol. The van der Waals surface area contributed by atoms with E-state index in [2.05, 4.69) is 5.32 Å². The smallest absolute Gasteiger partial charge is 0.411 e. The molecule has 0 aromatic carbocycles. The van der Waals surface area contributed by atoms with E-state index in [1.165, 1.54) is 6.92 Å². The average molecular weight is 282 g/mol. The fraction of sp³-hybridized carbons (Fsp3) is 0.818. The summed E-state index contributed by atoms with van der Waals surface area (Å²) in [6, 6.07) is -1.10. The van der Waals surface area contributed by atoms with Crippen LogP contribution in [0, 0.1) is 0 Å². The minimum absolute atomic E-state index is 0.134. The first-order valence-electron chi connectivity index (χ1n) is 5.97. The fourth-order valence-electron chi connectivity index (χ4n) is 1.83. The van der Waals surface area contributed by atoms with Gasteiger partial charge < -0.3 is 15.7 Å². The number of amides is 2. The normalized spacial score (nSPS) is 20.3. The number of hydrogen-bond donors (Lipinski definition) is 3. The highest BCUT2D eigenvalue weighted by molar-refractivity contribution is 5.86. The molecule has 0 radical (unpaired) electrons. The number of alkyl halides is 3. The zero-order valence-electron chi connectivity index (χ0n) is 10.7. The lowest BCUT2D eigenvalue weighted by molar-refractivity contribution is -0.162. The number of carbonyl (C=O) groups excluding carboxylic acids is 1. The highest BCUT2D eigenvalue weighted by Crippen LogP contribution is 2.48. The Hall–Kier alpha value is -1.47. The van der Waals surface area contributed by atoms with Crippen LogP contribution >= 0.6 is 0 Å². The third-order valence-electron chi connectivity index (χ3n) is 3.26. The van der Waals surface area contributed by atoms with Crippen LogP contribution in [0.3, 0.4) is 0 Å². The van der Waals surface area contributed by atoms with E-state index in [1.54, 1.807) is 6.92 Å². The summed E-state index contributed by atoms with van der Waals surface area (Å²) in [4.78, 5) is 22.6. The third-order valence-corrected chi connectivity index (χ3v) is 3.26. The van der Waals surface area contributed by atoms with Crippen LogP contribution in [0.1, 0.15) is 39.5 Å². The summed E-state index contributed by atoms with van der Waals surface area (Å²) < 4.78 is 37.9. The maximum Gasteiger partial charge on any atom is 0.411 e. The Labute approximate surface area is 108 Å². The van der Waals surface area contributed by atoms with Crippen LogP contribution in [0.15, 0.2) is 0 Å². The van der Waals surface area contributed by atoms with E-state index in [0.29, 0.717) is 6.42 Å². The number of aliphatic carboxylic acids is 1. The zero-order chi connectivity index (χ0) is 14.9. The minimum Gasteiger partial charge on any atom is -0.480 e. The number of halogens is 3. The molecule has 2 amide bonds. The van der Waals surface area contributed by atoms with Gasteiger partial charge >= 0.3 is 18.2 Å². The van der Waals surface area contributed by atoms with Crippen LogP contribution in [-0.2, 0) is 4.79 Å². The molecule has 8 heteroatoms. The number of nitrogens with one attached hydrogen (secondary N) is 2. The van der Waals surface area contributed by atoms with Gasteiger partial charge in [0.15, 0.2) is 0 Å². The van der Waals surface area contributed by atoms with Gasteiger partial charge in [0, 0.05) is 0 Å². The molecule has 1 atom stereocenters. The monoisotopic (exact) mass is 282 g/mol. The molecule has 1 rings (SSSR count). The number of carboxylic acids is 1. The van der Waals surface area contributed by atoms with Gasteiger partial charge in [-0.3, -0.25) is 0 Å². The third kappa shape index (κ3) is 3.30. The molecule has 19 heavy (non-hydrogen) atoms. The first-order chi connectivity index (χ1) is 8.56. The van der Waals surface area contributed by atoms with E-state index >= 15 is 0 Å². The van der Waals surface area contributed by atoms with Crippen molar-refractivity contribution in [2.45, 2.75) is 56.8 Å². The van der Waals surface area contributed by atoms with Crippen LogP contribution in [0.4, 0.5) is 18.0 Å². The highest BCUT2D eigenvalue weighted by Gasteiger charge is 2.64. The SMILES string of the molecule is CCCC(C)(NC(=O)NC1(C(F)(F)F)CC1)C(=O)O. The van der Waals surface area contributed by atoms with Crippen LogP contribution < -0.4 is 10.6 Å². The van der Waals surface area contributed by atoms with E-state index in [9.17, 15) is 22.8 Å². The number of rotatable bonds is 5. The second-order valence-electron chi connectivity index (χ2n) is 5.05. The molecule has 0 saturated heterocycles. The van der Waals surface area contributed by atoms with Gasteiger partial charge in [-0.1, -0.05) is 13.3 Å². The molecule has 3 N–H and O–H groups in total. The van der Waals surface area contributed by atoms with Crippen molar-refractivity contribution in [1.29, 1.82) is 0 Å². The van der Waals surface area contributed by atoms with Crippen LogP contribution in [0.2, 0.25) is 0 Å². The molecule has 1 saturated carbocycles. The van der Waals surface area contributed by atoms with Crippen molar-refractivity contribution in [2.75, 3.05) is 0 Å². The quantitative estimate of drug-likeness (QED) is 0.722. The largest absolute Gasteiger partial charge is 0.480 e. The maximum absolute atomic E-state index is 12.6.